The maximum atomic E-state index is 11.6. The molecule has 34 heavy (non-hydrogen) atoms. The average molecular weight is 477 g/mol. The minimum absolute atomic E-state index is 0.0722. The molecule has 4 aliphatic rings. The van der Waals surface area contributed by atoms with E-state index in [2.05, 4.69) is 41.5 Å². The van der Waals surface area contributed by atoms with E-state index in [0.29, 0.717) is 36.0 Å². The number of aliphatic hydroxyl groups is 1. The summed E-state index contributed by atoms with van der Waals surface area (Å²) in [5, 5.41) is 20.2. The third-order valence-corrected chi connectivity index (χ3v) is 12.3. The molecule has 0 spiro atoms. The van der Waals surface area contributed by atoms with Gasteiger partial charge in [0.2, 0.25) is 0 Å². The molecule has 4 nitrogen and oxygen atoms in total. The zero-order valence-electron chi connectivity index (χ0n) is 23.2. The van der Waals surface area contributed by atoms with E-state index in [1.165, 1.54) is 38.5 Å². The lowest BCUT2D eigenvalue weighted by Crippen LogP contribution is -2.60. The van der Waals surface area contributed by atoms with E-state index in [1.54, 1.807) is 0 Å². The first-order valence-corrected chi connectivity index (χ1v) is 14.2. The fourth-order valence-corrected chi connectivity index (χ4v) is 10.3. The zero-order valence-corrected chi connectivity index (χ0v) is 23.2. The maximum Gasteiger partial charge on any atom is 0.303 e. The SMILES string of the molecule is CC(C)[C@@H]1CC[C@]2(C)[C@H](CC[C@@H]3[C@@H]([C@]4(C)CC[C@@H](C(C)(C)O)O4)CC[C@]32C)[C@@]1(C)CCC(=O)O. The highest BCUT2D eigenvalue weighted by Crippen LogP contribution is 2.74. The van der Waals surface area contributed by atoms with Crippen molar-refractivity contribution in [2.24, 2.45) is 45.8 Å². The number of fused-ring (bicyclic) bond motifs is 3. The van der Waals surface area contributed by atoms with Crippen molar-refractivity contribution < 1.29 is 19.7 Å². The summed E-state index contributed by atoms with van der Waals surface area (Å²) in [6.07, 6.45) is 10.4. The molecule has 1 aliphatic heterocycles. The van der Waals surface area contributed by atoms with E-state index < -0.39 is 11.6 Å². The van der Waals surface area contributed by atoms with Crippen molar-refractivity contribution in [1.82, 2.24) is 0 Å². The molecule has 0 amide bonds. The number of hydrogen-bond acceptors (Lipinski definition) is 3. The van der Waals surface area contributed by atoms with Gasteiger partial charge in [-0.15, -0.1) is 0 Å². The van der Waals surface area contributed by atoms with Crippen LogP contribution in [0.15, 0.2) is 0 Å². The Morgan fingerprint density at radius 2 is 1.59 bits per heavy atom. The van der Waals surface area contributed by atoms with Gasteiger partial charge in [-0.2, -0.15) is 0 Å². The van der Waals surface area contributed by atoms with E-state index >= 15 is 0 Å². The third kappa shape index (κ3) is 3.88. The van der Waals surface area contributed by atoms with Crippen molar-refractivity contribution >= 4 is 5.97 Å². The summed E-state index contributed by atoms with van der Waals surface area (Å²) in [5.41, 5.74) is -0.325. The van der Waals surface area contributed by atoms with Crippen LogP contribution >= 0.6 is 0 Å². The Morgan fingerprint density at radius 1 is 0.941 bits per heavy atom. The molecular formula is C30H52O4. The summed E-state index contributed by atoms with van der Waals surface area (Å²) in [6.45, 7) is 18.4. The summed E-state index contributed by atoms with van der Waals surface area (Å²) in [6, 6.07) is 0. The number of aliphatic carboxylic acids is 1. The summed E-state index contributed by atoms with van der Waals surface area (Å²) in [5.74, 6) is 2.33. The van der Waals surface area contributed by atoms with Crippen LogP contribution < -0.4 is 0 Å². The van der Waals surface area contributed by atoms with Gasteiger partial charge < -0.3 is 14.9 Å². The largest absolute Gasteiger partial charge is 0.481 e. The Kier molecular flexibility index (Phi) is 6.59. The van der Waals surface area contributed by atoms with Crippen molar-refractivity contribution in [3.05, 3.63) is 0 Å². The molecule has 0 aromatic heterocycles. The second-order valence-electron chi connectivity index (χ2n) is 14.6. The van der Waals surface area contributed by atoms with Gasteiger partial charge in [0.25, 0.3) is 0 Å². The summed E-state index contributed by atoms with van der Waals surface area (Å²) in [7, 11) is 0. The van der Waals surface area contributed by atoms with Crippen LogP contribution in [-0.2, 0) is 9.53 Å². The van der Waals surface area contributed by atoms with Crippen molar-refractivity contribution in [2.75, 3.05) is 0 Å². The van der Waals surface area contributed by atoms with Crippen molar-refractivity contribution in [3.63, 3.8) is 0 Å². The van der Waals surface area contributed by atoms with Gasteiger partial charge in [0.15, 0.2) is 0 Å². The molecule has 0 aromatic carbocycles. The van der Waals surface area contributed by atoms with Crippen LogP contribution in [0, 0.1) is 45.8 Å². The normalized spacial score (nSPS) is 49.2. The van der Waals surface area contributed by atoms with E-state index in [4.69, 9.17) is 4.74 Å². The second kappa shape index (κ2) is 8.47. The average Bonchev–Trinajstić information content (AvgIpc) is 3.29. The molecule has 0 bridgehead atoms. The van der Waals surface area contributed by atoms with Crippen molar-refractivity contribution in [2.45, 2.75) is 137 Å². The van der Waals surface area contributed by atoms with Crippen LogP contribution in [0.2, 0.25) is 0 Å². The van der Waals surface area contributed by atoms with E-state index in [-0.39, 0.29) is 27.9 Å². The fraction of sp³-hybridized carbons (Fsp3) is 0.967. The Balaban J connectivity index is 1.64. The van der Waals surface area contributed by atoms with Gasteiger partial charge in [-0.05, 0) is 124 Å². The van der Waals surface area contributed by atoms with Crippen molar-refractivity contribution in [3.8, 4) is 0 Å². The van der Waals surface area contributed by atoms with Gasteiger partial charge in [-0.1, -0.05) is 34.6 Å². The summed E-state index contributed by atoms with van der Waals surface area (Å²) >= 11 is 0. The standard InChI is InChI=1S/C30H52O4/c1-19(2)20-11-17-29(7)23(27(20,5)15-14-25(31)32)10-9-21-22(12-16-28(21,29)6)30(8)18-13-24(34-30)26(3,4)33/h19-24,33H,9-18H2,1-8H3,(H,31,32)/t20-,21+,22-,23+,24-,27-,28+,29+,30-/m0/s1. The number of carboxylic acid groups (broad SMARTS) is 1. The Morgan fingerprint density at radius 3 is 2.15 bits per heavy atom. The van der Waals surface area contributed by atoms with E-state index in [9.17, 15) is 15.0 Å². The number of rotatable bonds is 6. The van der Waals surface area contributed by atoms with Gasteiger partial charge in [0, 0.05) is 6.42 Å². The van der Waals surface area contributed by atoms with Gasteiger partial charge in [-0.25, -0.2) is 0 Å². The predicted molar refractivity (Wildman–Crippen MR) is 137 cm³/mol. The fourth-order valence-electron chi connectivity index (χ4n) is 10.3. The summed E-state index contributed by atoms with van der Waals surface area (Å²) < 4.78 is 6.70. The van der Waals surface area contributed by atoms with Crippen LogP contribution in [0.1, 0.15) is 120 Å². The van der Waals surface area contributed by atoms with Gasteiger partial charge >= 0.3 is 5.97 Å². The number of ether oxygens (including phenoxy) is 1. The first-order chi connectivity index (χ1) is 15.6. The molecule has 4 rings (SSSR count). The number of carbonyl (C=O) groups is 1. The predicted octanol–water partition coefficient (Wildman–Crippen LogP) is 7.08. The Hall–Kier alpha value is -0.610. The number of hydrogen-bond donors (Lipinski definition) is 2. The first kappa shape index (κ1) is 26.5. The molecule has 3 saturated carbocycles. The van der Waals surface area contributed by atoms with Crippen LogP contribution in [0.3, 0.4) is 0 Å². The smallest absolute Gasteiger partial charge is 0.303 e. The van der Waals surface area contributed by atoms with Crippen LogP contribution in [0.25, 0.3) is 0 Å². The summed E-state index contributed by atoms with van der Waals surface area (Å²) in [4.78, 5) is 11.6. The lowest BCUT2D eigenvalue weighted by atomic mass is 9.38. The molecule has 4 heteroatoms. The molecular weight excluding hydrogens is 424 g/mol. The van der Waals surface area contributed by atoms with Crippen molar-refractivity contribution in [1.29, 1.82) is 0 Å². The molecule has 3 aliphatic carbocycles. The van der Waals surface area contributed by atoms with E-state index in [0.717, 1.165) is 19.3 Å². The topological polar surface area (TPSA) is 66.8 Å². The second-order valence-corrected chi connectivity index (χ2v) is 14.6. The zero-order chi connectivity index (χ0) is 25.3. The molecule has 2 N–H and O–H groups in total. The maximum absolute atomic E-state index is 11.6. The first-order valence-electron chi connectivity index (χ1n) is 14.2. The molecule has 0 unspecified atom stereocenters. The highest BCUT2D eigenvalue weighted by Gasteiger charge is 2.68. The minimum atomic E-state index is -0.787. The highest BCUT2D eigenvalue weighted by atomic mass is 16.5. The number of carboxylic acids is 1. The van der Waals surface area contributed by atoms with E-state index in [1.807, 2.05) is 13.8 Å². The molecule has 1 heterocycles. The molecule has 9 atom stereocenters. The van der Waals surface area contributed by atoms with Gasteiger partial charge in [-0.3, -0.25) is 4.79 Å². The van der Waals surface area contributed by atoms with Gasteiger partial charge in [0.05, 0.1) is 17.3 Å². The molecule has 1 saturated heterocycles. The van der Waals surface area contributed by atoms with Crippen LogP contribution in [-0.4, -0.2) is 33.5 Å². The molecule has 4 fully saturated rings. The van der Waals surface area contributed by atoms with Gasteiger partial charge in [0.1, 0.15) is 0 Å². The minimum Gasteiger partial charge on any atom is -0.481 e. The molecule has 0 radical (unpaired) electrons. The van der Waals surface area contributed by atoms with Crippen LogP contribution in [0.4, 0.5) is 0 Å². The Labute approximate surface area is 208 Å². The molecule has 0 aromatic rings. The quantitative estimate of drug-likeness (QED) is 0.430. The highest BCUT2D eigenvalue weighted by molar-refractivity contribution is 5.66. The lowest BCUT2D eigenvalue weighted by molar-refractivity contribution is -0.196. The molecule has 196 valence electrons. The monoisotopic (exact) mass is 476 g/mol. The van der Waals surface area contributed by atoms with Crippen LogP contribution in [0.5, 0.6) is 0 Å². The Bertz CT molecular complexity index is 785. The lowest BCUT2D eigenvalue weighted by Gasteiger charge is -2.67. The third-order valence-electron chi connectivity index (χ3n) is 12.3.